The van der Waals surface area contributed by atoms with E-state index in [9.17, 15) is 10.1 Å². The predicted octanol–water partition coefficient (Wildman–Crippen LogP) is 2.43. The van der Waals surface area contributed by atoms with Gasteiger partial charge in [-0.15, -0.1) is 5.10 Å². The van der Waals surface area contributed by atoms with E-state index in [-0.39, 0.29) is 11.6 Å². The molecule has 0 aliphatic rings. The van der Waals surface area contributed by atoms with Gasteiger partial charge in [-0.3, -0.25) is 10.1 Å². The van der Waals surface area contributed by atoms with Crippen LogP contribution < -0.4 is 5.73 Å². The molecule has 2 aromatic heterocycles. The maximum absolute atomic E-state index is 11.0. The van der Waals surface area contributed by atoms with Gasteiger partial charge in [0.05, 0.1) is 10.4 Å². The Morgan fingerprint density at radius 2 is 1.91 bits per heavy atom. The molecule has 0 spiro atoms. The van der Waals surface area contributed by atoms with Gasteiger partial charge in [0.15, 0.2) is 11.5 Å². The fourth-order valence-corrected chi connectivity index (χ4v) is 2.52. The number of nitro groups is 1. The van der Waals surface area contributed by atoms with Gasteiger partial charge in [0, 0.05) is 23.1 Å². The van der Waals surface area contributed by atoms with Crippen LogP contribution in [0, 0.1) is 10.1 Å². The first kappa shape index (κ1) is 13.1. The standard InChI is InChI=1S/C15H10N6O2/c16-15-18-14-11-6-1-2-7-12(11)17-13(20(14)19-15)9-4-3-5-10(8-9)21(22)23/h1-8H,(H2,16,19). The molecule has 0 aliphatic carbocycles. The molecule has 0 amide bonds. The molecule has 2 aromatic carbocycles. The van der Waals surface area contributed by atoms with Crippen molar-refractivity contribution in [3.63, 3.8) is 0 Å². The van der Waals surface area contributed by atoms with E-state index in [1.165, 1.54) is 16.6 Å². The van der Waals surface area contributed by atoms with Crippen molar-refractivity contribution in [2.45, 2.75) is 0 Å². The number of benzene rings is 2. The Hall–Kier alpha value is -3.55. The summed E-state index contributed by atoms with van der Waals surface area (Å²) in [5.74, 6) is 0.571. The molecule has 2 N–H and O–H groups in total. The quantitative estimate of drug-likeness (QED) is 0.449. The third-order valence-electron chi connectivity index (χ3n) is 3.51. The van der Waals surface area contributed by atoms with E-state index in [0.717, 1.165) is 5.39 Å². The third-order valence-corrected chi connectivity index (χ3v) is 3.51. The molecular formula is C15H10N6O2. The zero-order valence-electron chi connectivity index (χ0n) is 11.7. The predicted molar refractivity (Wildman–Crippen MR) is 84.8 cm³/mol. The van der Waals surface area contributed by atoms with Crippen LogP contribution in [0.25, 0.3) is 27.9 Å². The molecule has 0 bridgehead atoms. The molecule has 0 aliphatic heterocycles. The van der Waals surface area contributed by atoms with Gasteiger partial charge in [0.1, 0.15) is 0 Å². The van der Waals surface area contributed by atoms with Crippen LogP contribution in [0.2, 0.25) is 0 Å². The molecule has 0 atom stereocenters. The highest BCUT2D eigenvalue weighted by atomic mass is 16.6. The average Bonchev–Trinajstić information content (AvgIpc) is 2.96. The highest BCUT2D eigenvalue weighted by Crippen LogP contribution is 2.26. The summed E-state index contributed by atoms with van der Waals surface area (Å²) in [6, 6.07) is 13.7. The van der Waals surface area contributed by atoms with Crippen molar-refractivity contribution >= 4 is 28.2 Å². The number of hydrogen-bond donors (Lipinski definition) is 1. The topological polar surface area (TPSA) is 112 Å². The molecule has 0 saturated carbocycles. The van der Waals surface area contributed by atoms with Crippen molar-refractivity contribution in [2.24, 2.45) is 0 Å². The molecule has 0 fully saturated rings. The van der Waals surface area contributed by atoms with Crippen LogP contribution in [-0.4, -0.2) is 24.5 Å². The summed E-state index contributed by atoms with van der Waals surface area (Å²) in [6.45, 7) is 0. The van der Waals surface area contributed by atoms with E-state index in [2.05, 4.69) is 15.1 Å². The van der Waals surface area contributed by atoms with E-state index >= 15 is 0 Å². The van der Waals surface area contributed by atoms with E-state index in [0.29, 0.717) is 22.6 Å². The van der Waals surface area contributed by atoms with Gasteiger partial charge in [0.2, 0.25) is 5.95 Å². The Morgan fingerprint density at radius 3 is 2.74 bits per heavy atom. The Kier molecular flexibility index (Phi) is 2.70. The lowest BCUT2D eigenvalue weighted by Crippen LogP contribution is -2.00. The fourth-order valence-electron chi connectivity index (χ4n) is 2.52. The molecule has 23 heavy (non-hydrogen) atoms. The van der Waals surface area contributed by atoms with Crippen LogP contribution in [0.1, 0.15) is 0 Å². The number of nitrogens with two attached hydrogens (primary N) is 1. The minimum absolute atomic E-state index is 0.0151. The van der Waals surface area contributed by atoms with Crippen molar-refractivity contribution in [1.29, 1.82) is 0 Å². The number of fused-ring (bicyclic) bond motifs is 3. The summed E-state index contributed by atoms with van der Waals surface area (Å²) >= 11 is 0. The first-order valence-corrected chi connectivity index (χ1v) is 6.79. The summed E-state index contributed by atoms with van der Waals surface area (Å²) in [5, 5.41) is 16.0. The summed E-state index contributed by atoms with van der Waals surface area (Å²) in [6.07, 6.45) is 0. The van der Waals surface area contributed by atoms with E-state index < -0.39 is 4.92 Å². The van der Waals surface area contributed by atoms with Crippen LogP contribution in [0.5, 0.6) is 0 Å². The Morgan fingerprint density at radius 1 is 1.09 bits per heavy atom. The lowest BCUT2D eigenvalue weighted by atomic mass is 10.1. The van der Waals surface area contributed by atoms with Crippen LogP contribution in [-0.2, 0) is 0 Å². The molecule has 0 saturated heterocycles. The number of para-hydroxylation sites is 1. The summed E-state index contributed by atoms with van der Waals surface area (Å²) in [4.78, 5) is 19.4. The monoisotopic (exact) mass is 306 g/mol. The highest BCUT2D eigenvalue weighted by molar-refractivity contribution is 5.93. The summed E-state index contributed by atoms with van der Waals surface area (Å²) < 4.78 is 1.51. The van der Waals surface area contributed by atoms with Crippen LogP contribution >= 0.6 is 0 Å². The van der Waals surface area contributed by atoms with Crippen molar-refractivity contribution in [2.75, 3.05) is 5.73 Å². The van der Waals surface area contributed by atoms with Crippen molar-refractivity contribution < 1.29 is 4.92 Å². The van der Waals surface area contributed by atoms with E-state index in [1.807, 2.05) is 24.3 Å². The molecule has 112 valence electrons. The molecule has 8 nitrogen and oxygen atoms in total. The minimum Gasteiger partial charge on any atom is -0.366 e. The van der Waals surface area contributed by atoms with Gasteiger partial charge >= 0.3 is 0 Å². The molecule has 0 unspecified atom stereocenters. The first-order chi connectivity index (χ1) is 11.1. The van der Waals surface area contributed by atoms with Crippen molar-refractivity contribution in [3.8, 4) is 11.4 Å². The maximum Gasteiger partial charge on any atom is 0.270 e. The van der Waals surface area contributed by atoms with Gasteiger partial charge in [0.25, 0.3) is 5.69 Å². The lowest BCUT2D eigenvalue weighted by Gasteiger charge is -2.06. The maximum atomic E-state index is 11.0. The van der Waals surface area contributed by atoms with Crippen molar-refractivity contribution in [3.05, 3.63) is 58.6 Å². The SMILES string of the molecule is Nc1nc2c3ccccc3nc(-c3cccc([N+](=O)[O-])c3)n2n1. The summed E-state index contributed by atoms with van der Waals surface area (Å²) in [7, 11) is 0. The number of aromatic nitrogens is 4. The van der Waals surface area contributed by atoms with Crippen molar-refractivity contribution in [1.82, 2.24) is 19.6 Å². The molecule has 4 rings (SSSR count). The molecular weight excluding hydrogens is 296 g/mol. The second-order valence-corrected chi connectivity index (χ2v) is 4.97. The largest absolute Gasteiger partial charge is 0.366 e. The number of hydrogen-bond acceptors (Lipinski definition) is 6. The Labute approximate surface area is 129 Å². The third kappa shape index (κ3) is 2.04. The zero-order chi connectivity index (χ0) is 16.0. The van der Waals surface area contributed by atoms with Gasteiger partial charge < -0.3 is 5.73 Å². The van der Waals surface area contributed by atoms with Crippen LogP contribution in [0.15, 0.2) is 48.5 Å². The first-order valence-electron chi connectivity index (χ1n) is 6.79. The molecule has 0 radical (unpaired) electrons. The number of nitrogens with zero attached hydrogens (tertiary/aromatic N) is 5. The zero-order valence-corrected chi connectivity index (χ0v) is 11.7. The molecule has 4 aromatic rings. The van der Waals surface area contributed by atoms with Crippen LogP contribution in [0.4, 0.5) is 11.6 Å². The summed E-state index contributed by atoms with van der Waals surface area (Å²) in [5.41, 5.74) is 7.56. The number of anilines is 1. The number of nitrogen functional groups attached to an aromatic ring is 1. The Balaban J connectivity index is 2.09. The fraction of sp³-hybridized carbons (Fsp3) is 0. The lowest BCUT2D eigenvalue weighted by molar-refractivity contribution is -0.384. The number of rotatable bonds is 2. The average molecular weight is 306 g/mol. The smallest absolute Gasteiger partial charge is 0.270 e. The molecule has 2 heterocycles. The van der Waals surface area contributed by atoms with E-state index in [1.54, 1.807) is 12.1 Å². The van der Waals surface area contributed by atoms with Gasteiger partial charge in [-0.25, -0.2) is 4.98 Å². The van der Waals surface area contributed by atoms with Crippen LogP contribution in [0.3, 0.4) is 0 Å². The normalized spacial score (nSPS) is 11.1. The van der Waals surface area contributed by atoms with Gasteiger partial charge in [-0.1, -0.05) is 24.3 Å². The number of non-ortho nitro benzene ring substituents is 1. The second kappa shape index (κ2) is 4.73. The molecule has 8 heteroatoms. The Bertz CT molecular complexity index is 1070. The van der Waals surface area contributed by atoms with E-state index in [4.69, 9.17) is 5.73 Å². The number of nitro benzene ring substituents is 1. The second-order valence-electron chi connectivity index (χ2n) is 4.97. The van der Waals surface area contributed by atoms with Gasteiger partial charge in [-0.2, -0.15) is 9.50 Å². The van der Waals surface area contributed by atoms with Gasteiger partial charge in [-0.05, 0) is 12.1 Å². The highest BCUT2D eigenvalue weighted by Gasteiger charge is 2.15. The minimum atomic E-state index is -0.447.